The summed E-state index contributed by atoms with van der Waals surface area (Å²) < 4.78 is 14.3. The quantitative estimate of drug-likeness (QED) is 0.137. The van der Waals surface area contributed by atoms with E-state index >= 15 is 0 Å². The molecule has 25 aromatic rings. The number of hydrogen-bond acceptors (Lipinski definition) is 2. The Labute approximate surface area is 691 Å². The molecule has 18 aromatic carbocycles. The van der Waals surface area contributed by atoms with Gasteiger partial charge in [-0.1, -0.05) is 279 Å². The van der Waals surface area contributed by atoms with Gasteiger partial charge >= 0.3 is 0 Å². The summed E-state index contributed by atoms with van der Waals surface area (Å²) >= 11 is 0. The molecule has 0 bridgehead atoms. The minimum absolute atomic E-state index is 0.717. The van der Waals surface area contributed by atoms with Crippen molar-refractivity contribution in [3.63, 3.8) is 0 Å². The Morgan fingerprint density at radius 1 is 0.125 bits per heavy atom. The molecule has 562 valence electrons. The highest BCUT2D eigenvalue weighted by atomic mass is 15.0. The normalized spacial score (nSPS) is 11.7. The molecule has 0 amide bonds. The standard InChI is InChI=1S/C42H27N3.C36H24N2.C34H23N3/c1-6-19-37-31(14-1)32-15-2-7-20-38(32)43(37)28-12-11-13-29(26-28)44-41-23-10-5-18-35(41)36-27-30(24-25-42(36)44)45-39-21-8-3-16-33(39)34-17-4-9-22-40(34)45;1-3-11-27(12-4-1)37-33-17-9-7-15-29(33)31-23-25(19-21-35(31)37)26-20-22-36-32(24-26)30-16-8-10-18-34(30)38(36)28-13-5-2-6-14-28;1-3-11-24(12-4-1)30-23-31(25-13-5-2-6-14-25)36-34(35-30)26-19-21-27(22-20-26)37-32-17-9-7-15-28(32)29-16-8-10-18-33(29)37/h1-27H;1-24H;1-23H. The third kappa shape index (κ3) is 11.7. The highest BCUT2D eigenvalue weighted by Crippen LogP contribution is 2.43. The lowest BCUT2D eigenvalue weighted by Gasteiger charge is -2.13. The maximum absolute atomic E-state index is 4.97. The van der Waals surface area contributed by atoms with Gasteiger partial charge in [-0.3, -0.25) is 0 Å². The fourth-order valence-corrected chi connectivity index (χ4v) is 18.6. The SMILES string of the molecule is c1cc(-n2c3ccccc3c3ccccc32)cc(-n2c3ccccc3c3cc(-n4c5ccccc5c5ccccc54)ccc32)c1.c1ccc(-c2cc(-c3ccccc3)nc(-c3ccc(-n4c5ccccc5c5ccccc54)cc3)n2)cc1.c1ccc(-n2c3ccccc3c3cc(-c4ccc5c(c4)c4ccccc4n5-c4ccccc4)ccc32)cc1. The van der Waals surface area contributed by atoms with E-state index in [-0.39, 0.29) is 0 Å². The van der Waals surface area contributed by atoms with Crippen molar-refractivity contribution in [1.29, 1.82) is 0 Å². The molecule has 0 radical (unpaired) electrons. The molecule has 0 aliphatic heterocycles. The minimum atomic E-state index is 0.717. The van der Waals surface area contributed by atoms with Crippen LogP contribution in [0.4, 0.5) is 0 Å². The van der Waals surface area contributed by atoms with Crippen LogP contribution in [0.2, 0.25) is 0 Å². The molecule has 0 atom stereocenters. The van der Waals surface area contributed by atoms with Gasteiger partial charge in [-0.2, -0.15) is 0 Å². The van der Waals surface area contributed by atoms with Gasteiger partial charge < -0.3 is 27.4 Å². The fraction of sp³-hybridized carbons (Fsp3) is 0. The average molecular weight is 1530 g/mol. The van der Waals surface area contributed by atoms with Crippen LogP contribution in [-0.4, -0.2) is 37.4 Å². The largest absolute Gasteiger partial charge is 0.309 e. The number of nitrogens with zero attached hydrogens (tertiary/aromatic N) is 8. The second kappa shape index (κ2) is 29.0. The molecule has 0 unspecified atom stereocenters. The van der Waals surface area contributed by atoms with E-state index in [1.807, 2.05) is 36.4 Å². The van der Waals surface area contributed by atoms with Gasteiger partial charge in [0.1, 0.15) is 0 Å². The Bertz CT molecular complexity index is 7890. The first-order valence-electron chi connectivity index (χ1n) is 40.9. The predicted octanol–water partition coefficient (Wildman–Crippen LogP) is 29.1. The van der Waals surface area contributed by atoms with Gasteiger partial charge in [-0.25, -0.2) is 9.97 Å². The smallest absolute Gasteiger partial charge is 0.160 e. The van der Waals surface area contributed by atoms with E-state index in [0.29, 0.717) is 5.82 Å². The van der Waals surface area contributed by atoms with E-state index in [1.165, 1.54) is 159 Å². The monoisotopic (exact) mass is 1530 g/mol. The molecule has 8 nitrogen and oxygen atoms in total. The first-order chi connectivity index (χ1) is 59.6. The van der Waals surface area contributed by atoms with Crippen LogP contribution >= 0.6 is 0 Å². The van der Waals surface area contributed by atoms with Crippen LogP contribution in [0.3, 0.4) is 0 Å². The lowest BCUT2D eigenvalue weighted by atomic mass is 10.0. The molecule has 7 heterocycles. The van der Waals surface area contributed by atoms with Crippen molar-refractivity contribution in [3.8, 4) is 79.2 Å². The average Bonchev–Trinajstić information content (AvgIpc) is 1.61. The number of aromatic nitrogens is 8. The summed E-state index contributed by atoms with van der Waals surface area (Å²) in [6.45, 7) is 0. The van der Waals surface area contributed by atoms with Crippen LogP contribution in [0.25, 0.3) is 210 Å². The first kappa shape index (κ1) is 69.4. The molecule has 8 heteroatoms. The molecule has 0 fully saturated rings. The zero-order valence-electron chi connectivity index (χ0n) is 65.3. The Balaban J connectivity index is 0.000000106. The van der Waals surface area contributed by atoms with E-state index in [4.69, 9.17) is 9.97 Å². The van der Waals surface area contributed by atoms with Gasteiger partial charge in [0.05, 0.1) is 77.6 Å². The van der Waals surface area contributed by atoms with Crippen molar-refractivity contribution in [1.82, 2.24) is 37.4 Å². The van der Waals surface area contributed by atoms with E-state index in [0.717, 1.165) is 45.1 Å². The number of rotatable bonds is 10. The van der Waals surface area contributed by atoms with Crippen LogP contribution in [0.15, 0.2) is 449 Å². The lowest BCUT2D eigenvalue weighted by molar-refractivity contribution is 1.13. The summed E-state index contributed by atoms with van der Waals surface area (Å²) in [6.07, 6.45) is 0. The van der Waals surface area contributed by atoms with Gasteiger partial charge in [0.2, 0.25) is 0 Å². The van der Waals surface area contributed by atoms with E-state index in [9.17, 15) is 0 Å². The van der Waals surface area contributed by atoms with Crippen LogP contribution in [0, 0.1) is 0 Å². The van der Waals surface area contributed by atoms with Crippen molar-refractivity contribution in [2.75, 3.05) is 0 Å². The molecule has 7 aromatic heterocycles. The molecule has 0 spiro atoms. The Kier molecular flexibility index (Phi) is 16.7. The highest BCUT2D eigenvalue weighted by Gasteiger charge is 2.22. The maximum Gasteiger partial charge on any atom is 0.160 e. The molecule has 0 aliphatic carbocycles. The van der Waals surface area contributed by atoms with Crippen LogP contribution in [-0.2, 0) is 0 Å². The van der Waals surface area contributed by atoms with Gasteiger partial charge in [-0.05, 0) is 181 Å². The van der Waals surface area contributed by atoms with Crippen molar-refractivity contribution in [2.24, 2.45) is 0 Å². The number of fused-ring (bicyclic) bond motifs is 18. The summed E-state index contributed by atoms with van der Waals surface area (Å²) in [5.74, 6) is 0.717. The predicted molar refractivity (Wildman–Crippen MR) is 503 cm³/mol. The van der Waals surface area contributed by atoms with Gasteiger partial charge in [-0.15, -0.1) is 0 Å². The maximum atomic E-state index is 4.97. The number of para-hydroxylation sites is 11. The van der Waals surface area contributed by atoms with Gasteiger partial charge in [0.15, 0.2) is 5.82 Å². The lowest BCUT2D eigenvalue weighted by Crippen LogP contribution is -1.99. The third-order valence-electron chi connectivity index (χ3n) is 24.0. The van der Waals surface area contributed by atoms with Gasteiger partial charge in [0, 0.05) is 115 Å². The van der Waals surface area contributed by atoms with Crippen molar-refractivity contribution >= 4 is 131 Å². The molecule has 0 N–H and O–H groups in total. The molecule has 120 heavy (non-hydrogen) atoms. The summed E-state index contributed by atoms with van der Waals surface area (Å²) in [6, 6.07) is 160. The summed E-state index contributed by atoms with van der Waals surface area (Å²) in [5.41, 5.74) is 28.9. The fourth-order valence-electron chi connectivity index (χ4n) is 18.6. The molecule has 0 saturated carbocycles. The van der Waals surface area contributed by atoms with E-state index < -0.39 is 0 Å². The van der Waals surface area contributed by atoms with Crippen molar-refractivity contribution in [2.45, 2.75) is 0 Å². The Morgan fingerprint density at radius 3 is 0.667 bits per heavy atom. The Morgan fingerprint density at radius 2 is 0.342 bits per heavy atom. The zero-order chi connectivity index (χ0) is 79.1. The minimum Gasteiger partial charge on any atom is -0.309 e. The number of benzene rings is 18. The topological polar surface area (TPSA) is 55.4 Å². The second-order valence-corrected chi connectivity index (χ2v) is 30.8. The number of hydrogen-bond donors (Lipinski definition) is 0. The summed E-state index contributed by atoms with van der Waals surface area (Å²) in [5, 5.41) is 15.2. The summed E-state index contributed by atoms with van der Waals surface area (Å²) in [4.78, 5) is 9.95. The van der Waals surface area contributed by atoms with Crippen LogP contribution < -0.4 is 0 Å². The summed E-state index contributed by atoms with van der Waals surface area (Å²) in [7, 11) is 0. The van der Waals surface area contributed by atoms with E-state index in [2.05, 4.69) is 440 Å². The zero-order valence-corrected chi connectivity index (χ0v) is 65.3. The van der Waals surface area contributed by atoms with Gasteiger partial charge in [0.25, 0.3) is 0 Å². The van der Waals surface area contributed by atoms with E-state index in [1.54, 1.807) is 0 Å². The first-order valence-corrected chi connectivity index (χ1v) is 40.9. The Hall–Kier alpha value is -16.2. The molecule has 0 aliphatic rings. The molecule has 0 saturated heterocycles. The van der Waals surface area contributed by atoms with Crippen LogP contribution in [0.5, 0.6) is 0 Å². The molecule has 25 rings (SSSR count). The second-order valence-electron chi connectivity index (χ2n) is 30.8. The van der Waals surface area contributed by atoms with Crippen LogP contribution in [0.1, 0.15) is 0 Å². The van der Waals surface area contributed by atoms with Crippen molar-refractivity contribution in [3.05, 3.63) is 449 Å². The molecular formula is C112H74N8. The molecular weight excluding hydrogens is 1460 g/mol. The van der Waals surface area contributed by atoms with Crippen molar-refractivity contribution < 1.29 is 0 Å². The highest BCUT2D eigenvalue weighted by molar-refractivity contribution is 6.16. The third-order valence-corrected chi connectivity index (χ3v) is 24.0.